The maximum Gasteiger partial charge on any atom is 0.326 e. The second-order valence-electron chi connectivity index (χ2n) is 5.24. The first-order valence-electron chi connectivity index (χ1n) is 7.25. The number of rotatable bonds is 9. The SMILES string of the molecule is O=CNC(CCSCc1ccn(C2CCCC2)n1)C(=O)O. The van der Waals surface area contributed by atoms with E-state index in [1.54, 1.807) is 11.8 Å². The number of nitrogens with zero attached hydrogens (tertiary/aromatic N) is 2. The van der Waals surface area contributed by atoms with Crippen LogP contribution in [0, 0.1) is 0 Å². The van der Waals surface area contributed by atoms with Crippen LogP contribution in [-0.4, -0.2) is 39.1 Å². The average molecular weight is 311 g/mol. The van der Waals surface area contributed by atoms with Crippen molar-refractivity contribution in [2.24, 2.45) is 0 Å². The first-order chi connectivity index (χ1) is 10.2. The molecule has 21 heavy (non-hydrogen) atoms. The Kier molecular flexibility index (Phi) is 6.10. The van der Waals surface area contributed by atoms with Gasteiger partial charge in [0.2, 0.25) is 6.41 Å². The van der Waals surface area contributed by atoms with Crippen LogP contribution < -0.4 is 5.32 Å². The second-order valence-corrected chi connectivity index (χ2v) is 6.35. The predicted molar refractivity (Wildman–Crippen MR) is 81.1 cm³/mol. The molecule has 1 aliphatic rings. The maximum absolute atomic E-state index is 10.9. The molecule has 1 atom stereocenters. The number of aliphatic carboxylic acids is 1. The molecule has 7 heteroatoms. The molecule has 1 saturated carbocycles. The van der Waals surface area contributed by atoms with Crippen molar-refractivity contribution in [2.75, 3.05) is 5.75 Å². The Morgan fingerprint density at radius 3 is 3.00 bits per heavy atom. The van der Waals surface area contributed by atoms with Crippen LogP contribution in [-0.2, 0) is 15.3 Å². The van der Waals surface area contributed by atoms with Gasteiger partial charge in [-0.05, 0) is 31.1 Å². The number of carbonyl (C=O) groups is 2. The Labute approximate surface area is 128 Å². The van der Waals surface area contributed by atoms with Gasteiger partial charge < -0.3 is 10.4 Å². The van der Waals surface area contributed by atoms with Crippen molar-refractivity contribution in [1.29, 1.82) is 0 Å². The Bertz CT molecular complexity index is 472. The summed E-state index contributed by atoms with van der Waals surface area (Å²) in [5.41, 5.74) is 1.03. The lowest BCUT2D eigenvalue weighted by Gasteiger charge is -2.10. The molecule has 2 N–H and O–H groups in total. The number of carboxylic acids is 1. The molecule has 2 rings (SSSR count). The van der Waals surface area contributed by atoms with E-state index in [0.29, 0.717) is 24.6 Å². The number of thioether (sulfide) groups is 1. The summed E-state index contributed by atoms with van der Waals surface area (Å²) >= 11 is 1.64. The molecule has 1 heterocycles. The van der Waals surface area contributed by atoms with Crippen LogP contribution in [0.1, 0.15) is 43.8 Å². The third-order valence-corrected chi connectivity index (χ3v) is 4.75. The zero-order valence-corrected chi connectivity index (χ0v) is 12.7. The number of nitrogens with one attached hydrogen (secondary N) is 1. The minimum atomic E-state index is -0.992. The molecular weight excluding hydrogens is 290 g/mol. The number of hydrogen-bond acceptors (Lipinski definition) is 4. The lowest BCUT2D eigenvalue weighted by atomic mass is 10.2. The fourth-order valence-corrected chi connectivity index (χ4v) is 3.47. The van der Waals surface area contributed by atoms with E-state index in [4.69, 9.17) is 5.11 Å². The van der Waals surface area contributed by atoms with E-state index in [9.17, 15) is 9.59 Å². The molecule has 0 aliphatic heterocycles. The van der Waals surface area contributed by atoms with Gasteiger partial charge >= 0.3 is 5.97 Å². The molecule has 0 aromatic carbocycles. The van der Waals surface area contributed by atoms with Gasteiger partial charge in [0.1, 0.15) is 6.04 Å². The molecule has 1 aliphatic carbocycles. The summed E-state index contributed by atoms with van der Waals surface area (Å²) in [6, 6.07) is 1.78. The van der Waals surface area contributed by atoms with E-state index < -0.39 is 12.0 Å². The van der Waals surface area contributed by atoms with Crippen molar-refractivity contribution < 1.29 is 14.7 Å². The molecule has 0 spiro atoms. The quantitative estimate of drug-likeness (QED) is 0.537. The fraction of sp³-hybridized carbons (Fsp3) is 0.643. The van der Waals surface area contributed by atoms with Gasteiger partial charge in [-0.2, -0.15) is 16.9 Å². The van der Waals surface area contributed by atoms with E-state index in [1.807, 2.05) is 12.3 Å². The first-order valence-corrected chi connectivity index (χ1v) is 8.40. The third-order valence-electron chi connectivity index (χ3n) is 3.73. The third kappa shape index (κ3) is 4.77. The number of carboxylic acid groups (broad SMARTS) is 1. The van der Waals surface area contributed by atoms with Crippen LogP contribution in [0.2, 0.25) is 0 Å². The highest BCUT2D eigenvalue weighted by atomic mass is 32.2. The van der Waals surface area contributed by atoms with Crippen molar-refractivity contribution in [1.82, 2.24) is 15.1 Å². The predicted octanol–water partition coefficient (Wildman–Crippen LogP) is 1.82. The van der Waals surface area contributed by atoms with Crippen LogP contribution in [0.5, 0.6) is 0 Å². The molecule has 1 amide bonds. The van der Waals surface area contributed by atoms with Crippen molar-refractivity contribution in [3.63, 3.8) is 0 Å². The fourth-order valence-electron chi connectivity index (χ4n) is 2.56. The monoisotopic (exact) mass is 311 g/mol. The molecule has 1 aromatic rings. The molecule has 1 aromatic heterocycles. The minimum Gasteiger partial charge on any atom is -0.480 e. The Morgan fingerprint density at radius 2 is 2.33 bits per heavy atom. The minimum absolute atomic E-state index is 0.419. The molecular formula is C14H21N3O3S. The summed E-state index contributed by atoms with van der Waals surface area (Å²) in [5.74, 6) is 0.453. The highest BCUT2D eigenvalue weighted by molar-refractivity contribution is 7.98. The second kappa shape index (κ2) is 8.07. The summed E-state index contributed by atoms with van der Waals surface area (Å²) in [6.07, 6.45) is 7.90. The normalized spacial score (nSPS) is 16.8. The Hall–Kier alpha value is -1.50. The Balaban J connectivity index is 1.70. The highest BCUT2D eigenvalue weighted by Crippen LogP contribution is 2.29. The van der Waals surface area contributed by atoms with Crippen LogP contribution in [0.25, 0.3) is 0 Å². The summed E-state index contributed by atoms with van der Waals surface area (Å²) in [4.78, 5) is 21.2. The van der Waals surface area contributed by atoms with Gasteiger partial charge in [0.25, 0.3) is 0 Å². The largest absolute Gasteiger partial charge is 0.480 e. The molecule has 0 saturated heterocycles. The average Bonchev–Trinajstić information content (AvgIpc) is 3.12. The topological polar surface area (TPSA) is 84.2 Å². The van der Waals surface area contributed by atoms with Crippen molar-refractivity contribution >= 4 is 24.1 Å². The van der Waals surface area contributed by atoms with Crippen molar-refractivity contribution in [3.8, 4) is 0 Å². The maximum atomic E-state index is 10.9. The zero-order chi connectivity index (χ0) is 15.1. The molecule has 1 unspecified atom stereocenters. The number of aromatic nitrogens is 2. The van der Waals surface area contributed by atoms with Crippen molar-refractivity contribution in [2.45, 2.75) is 49.9 Å². The summed E-state index contributed by atoms with van der Waals surface area (Å²) in [6.45, 7) is 0. The molecule has 0 bridgehead atoms. The van der Waals surface area contributed by atoms with Crippen LogP contribution in [0.4, 0.5) is 0 Å². The lowest BCUT2D eigenvalue weighted by molar-refractivity contribution is -0.140. The summed E-state index contributed by atoms with van der Waals surface area (Å²) in [5, 5.41) is 15.8. The first kappa shape index (κ1) is 15.9. The Morgan fingerprint density at radius 1 is 1.57 bits per heavy atom. The van der Waals surface area contributed by atoms with E-state index >= 15 is 0 Å². The molecule has 0 radical (unpaired) electrons. The smallest absolute Gasteiger partial charge is 0.326 e. The van der Waals surface area contributed by atoms with Gasteiger partial charge in [-0.15, -0.1) is 0 Å². The number of carbonyl (C=O) groups excluding carboxylic acids is 1. The van der Waals surface area contributed by atoms with E-state index in [0.717, 1.165) is 11.4 Å². The highest BCUT2D eigenvalue weighted by Gasteiger charge is 2.18. The van der Waals surface area contributed by atoms with Crippen LogP contribution >= 0.6 is 11.8 Å². The van der Waals surface area contributed by atoms with Gasteiger partial charge in [0, 0.05) is 11.9 Å². The van der Waals surface area contributed by atoms with Crippen molar-refractivity contribution in [3.05, 3.63) is 18.0 Å². The van der Waals surface area contributed by atoms with Gasteiger partial charge in [0.15, 0.2) is 0 Å². The summed E-state index contributed by atoms with van der Waals surface area (Å²) in [7, 11) is 0. The summed E-state index contributed by atoms with van der Waals surface area (Å²) < 4.78 is 2.07. The van der Waals surface area contributed by atoms with Gasteiger partial charge in [-0.3, -0.25) is 9.48 Å². The lowest BCUT2D eigenvalue weighted by Crippen LogP contribution is -2.36. The standard InChI is InChI=1S/C14H21N3O3S/c18-10-15-13(14(19)20)6-8-21-9-11-5-7-17(16-11)12-3-1-2-4-12/h5,7,10,12-13H,1-4,6,8-9H2,(H,15,18)(H,19,20). The zero-order valence-electron chi connectivity index (χ0n) is 11.9. The molecule has 6 nitrogen and oxygen atoms in total. The van der Waals surface area contributed by atoms with E-state index in [1.165, 1.54) is 25.7 Å². The van der Waals surface area contributed by atoms with E-state index in [2.05, 4.69) is 15.1 Å². The van der Waals surface area contributed by atoms with Gasteiger partial charge in [0.05, 0.1) is 11.7 Å². The van der Waals surface area contributed by atoms with E-state index in [-0.39, 0.29) is 0 Å². The molecule has 1 fully saturated rings. The van der Waals surface area contributed by atoms with Crippen LogP contribution in [0.15, 0.2) is 12.3 Å². The van der Waals surface area contributed by atoms with Gasteiger partial charge in [-0.1, -0.05) is 12.8 Å². The van der Waals surface area contributed by atoms with Crippen LogP contribution in [0.3, 0.4) is 0 Å². The number of amides is 1. The number of hydrogen-bond donors (Lipinski definition) is 2. The molecule has 116 valence electrons. The van der Waals surface area contributed by atoms with Gasteiger partial charge in [-0.25, -0.2) is 4.79 Å².